The molecule has 2 heteroatoms. The molecule has 3 atom stereocenters. The van der Waals surface area contributed by atoms with Crippen molar-refractivity contribution in [1.82, 2.24) is 5.32 Å². The first kappa shape index (κ1) is 13.7. The zero-order valence-electron chi connectivity index (χ0n) is 12.4. The molecule has 2 fully saturated rings. The lowest BCUT2D eigenvalue weighted by molar-refractivity contribution is -0.122. The second-order valence-electron chi connectivity index (χ2n) is 6.52. The Morgan fingerprint density at radius 1 is 1.15 bits per heavy atom. The van der Waals surface area contributed by atoms with Crippen molar-refractivity contribution in [3.8, 4) is 0 Å². The standard InChI is InChI=1S/C18H25NO/c1-2-13-3-5-14(6-4-13)8-10-18(20)19-17-12-15-7-9-16(17)11-15/h3-6,15-17H,2,7-12H2,1H3,(H,19,20)/t15-,16+,17+/m0/s1. The van der Waals surface area contributed by atoms with Crippen molar-refractivity contribution in [2.75, 3.05) is 0 Å². The van der Waals surface area contributed by atoms with E-state index >= 15 is 0 Å². The molecule has 108 valence electrons. The zero-order chi connectivity index (χ0) is 13.9. The van der Waals surface area contributed by atoms with Crippen molar-refractivity contribution in [1.29, 1.82) is 0 Å². The van der Waals surface area contributed by atoms with E-state index in [9.17, 15) is 4.79 Å². The summed E-state index contributed by atoms with van der Waals surface area (Å²) in [5, 5.41) is 3.26. The van der Waals surface area contributed by atoms with E-state index in [0.717, 1.165) is 24.7 Å². The fourth-order valence-electron chi connectivity index (χ4n) is 3.90. The van der Waals surface area contributed by atoms with Crippen molar-refractivity contribution in [2.24, 2.45) is 11.8 Å². The van der Waals surface area contributed by atoms with Crippen LogP contribution in [0.1, 0.15) is 50.2 Å². The Morgan fingerprint density at radius 3 is 2.50 bits per heavy atom. The van der Waals surface area contributed by atoms with E-state index in [-0.39, 0.29) is 5.91 Å². The van der Waals surface area contributed by atoms with Crippen LogP contribution < -0.4 is 5.32 Å². The number of carbonyl (C=O) groups is 1. The average Bonchev–Trinajstić information content (AvgIpc) is 3.08. The summed E-state index contributed by atoms with van der Waals surface area (Å²) >= 11 is 0. The van der Waals surface area contributed by atoms with Crippen LogP contribution >= 0.6 is 0 Å². The van der Waals surface area contributed by atoms with Gasteiger partial charge in [-0.1, -0.05) is 37.6 Å². The number of aryl methyl sites for hydroxylation is 2. The fourth-order valence-corrected chi connectivity index (χ4v) is 3.90. The summed E-state index contributed by atoms with van der Waals surface area (Å²) in [7, 11) is 0. The van der Waals surface area contributed by atoms with Gasteiger partial charge >= 0.3 is 0 Å². The van der Waals surface area contributed by atoms with E-state index in [4.69, 9.17) is 0 Å². The average molecular weight is 271 g/mol. The zero-order valence-corrected chi connectivity index (χ0v) is 12.4. The van der Waals surface area contributed by atoms with Crippen molar-refractivity contribution < 1.29 is 4.79 Å². The van der Waals surface area contributed by atoms with Gasteiger partial charge in [0.2, 0.25) is 5.91 Å². The van der Waals surface area contributed by atoms with E-state index in [2.05, 4.69) is 36.5 Å². The summed E-state index contributed by atoms with van der Waals surface area (Å²) in [6.45, 7) is 2.16. The van der Waals surface area contributed by atoms with E-state index < -0.39 is 0 Å². The number of hydrogen-bond donors (Lipinski definition) is 1. The molecule has 20 heavy (non-hydrogen) atoms. The number of benzene rings is 1. The van der Waals surface area contributed by atoms with Gasteiger partial charge in [-0.2, -0.15) is 0 Å². The molecule has 0 heterocycles. The first-order valence-corrected chi connectivity index (χ1v) is 8.11. The minimum Gasteiger partial charge on any atom is -0.353 e. The maximum atomic E-state index is 12.1. The van der Waals surface area contributed by atoms with Gasteiger partial charge in [-0.05, 0) is 55.1 Å². The minimum absolute atomic E-state index is 0.238. The number of carbonyl (C=O) groups excluding carboxylic acids is 1. The third-order valence-corrected chi connectivity index (χ3v) is 5.16. The van der Waals surface area contributed by atoms with Gasteiger partial charge in [-0.3, -0.25) is 4.79 Å². The maximum Gasteiger partial charge on any atom is 0.220 e. The summed E-state index contributed by atoms with van der Waals surface area (Å²) in [6, 6.07) is 9.13. The molecule has 1 amide bonds. The Hall–Kier alpha value is -1.31. The summed E-state index contributed by atoms with van der Waals surface area (Å²) in [4.78, 5) is 12.1. The number of rotatable bonds is 5. The van der Waals surface area contributed by atoms with Gasteiger partial charge in [0.1, 0.15) is 0 Å². The molecule has 3 rings (SSSR count). The Morgan fingerprint density at radius 2 is 1.90 bits per heavy atom. The van der Waals surface area contributed by atoms with Gasteiger partial charge in [0, 0.05) is 12.5 Å². The molecule has 2 saturated carbocycles. The lowest BCUT2D eigenvalue weighted by Gasteiger charge is -2.22. The van der Waals surface area contributed by atoms with Crippen molar-refractivity contribution >= 4 is 5.91 Å². The first-order valence-electron chi connectivity index (χ1n) is 8.11. The number of nitrogens with one attached hydrogen (secondary N) is 1. The van der Waals surface area contributed by atoms with Crippen LogP contribution in [0.2, 0.25) is 0 Å². The second kappa shape index (κ2) is 5.99. The van der Waals surface area contributed by atoms with Crippen LogP contribution in [-0.2, 0) is 17.6 Å². The van der Waals surface area contributed by atoms with E-state index in [1.165, 1.54) is 36.8 Å². The van der Waals surface area contributed by atoms with Crippen LogP contribution in [-0.4, -0.2) is 11.9 Å². The van der Waals surface area contributed by atoms with Crippen LogP contribution in [0.15, 0.2) is 24.3 Å². The number of fused-ring (bicyclic) bond motifs is 2. The normalized spacial score (nSPS) is 27.8. The predicted molar refractivity (Wildman–Crippen MR) is 81.5 cm³/mol. The predicted octanol–water partition coefficient (Wildman–Crippen LogP) is 3.49. The Kier molecular flexibility index (Phi) is 4.09. The van der Waals surface area contributed by atoms with Crippen LogP contribution in [0.25, 0.3) is 0 Å². The highest BCUT2D eigenvalue weighted by Crippen LogP contribution is 2.44. The van der Waals surface area contributed by atoms with Crippen LogP contribution in [0.5, 0.6) is 0 Å². The maximum absolute atomic E-state index is 12.1. The summed E-state index contributed by atoms with van der Waals surface area (Å²) in [5.41, 5.74) is 2.63. The number of hydrogen-bond acceptors (Lipinski definition) is 1. The third kappa shape index (κ3) is 3.05. The molecule has 1 aromatic rings. The largest absolute Gasteiger partial charge is 0.353 e. The molecular weight excluding hydrogens is 246 g/mol. The molecule has 0 unspecified atom stereocenters. The summed E-state index contributed by atoms with van der Waals surface area (Å²) in [6.07, 6.45) is 7.85. The van der Waals surface area contributed by atoms with Crippen LogP contribution in [0, 0.1) is 11.8 Å². The Labute approximate surface area is 122 Å². The molecule has 0 radical (unpaired) electrons. The highest BCUT2D eigenvalue weighted by Gasteiger charge is 2.39. The summed E-state index contributed by atoms with van der Waals surface area (Å²) in [5.74, 6) is 1.90. The highest BCUT2D eigenvalue weighted by atomic mass is 16.1. The van der Waals surface area contributed by atoms with E-state index in [1.54, 1.807) is 0 Å². The SMILES string of the molecule is CCc1ccc(CCC(=O)N[C@@H]2C[C@H]3CC[C@@H]2C3)cc1. The highest BCUT2D eigenvalue weighted by molar-refractivity contribution is 5.76. The minimum atomic E-state index is 0.238. The Bertz CT molecular complexity index is 465. The first-order chi connectivity index (χ1) is 9.74. The van der Waals surface area contributed by atoms with E-state index in [1.807, 2.05) is 0 Å². The molecule has 2 aliphatic rings. The van der Waals surface area contributed by atoms with Gasteiger partial charge < -0.3 is 5.32 Å². The van der Waals surface area contributed by atoms with Gasteiger partial charge in [-0.15, -0.1) is 0 Å². The van der Waals surface area contributed by atoms with Gasteiger partial charge in [0.25, 0.3) is 0 Å². The van der Waals surface area contributed by atoms with Gasteiger partial charge in [0.05, 0.1) is 0 Å². The fraction of sp³-hybridized carbons (Fsp3) is 0.611. The van der Waals surface area contributed by atoms with E-state index in [0.29, 0.717) is 12.5 Å². The molecule has 2 nitrogen and oxygen atoms in total. The van der Waals surface area contributed by atoms with Crippen molar-refractivity contribution in [3.05, 3.63) is 35.4 Å². The second-order valence-corrected chi connectivity index (χ2v) is 6.52. The topological polar surface area (TPSA) is 29.1 Å². The third-order valence-electron chi connectivity index (χ3n) is 5.16. The monoisotopic (exact) mass is 271 g/mol. The molecule has 2 aliphatic carbocycles. The lowest BCUT2D eigenvalue weighted by atomic mass is 9.95. The molecule has 0 saturated heterocycles. The van der Waals surface area contributed by atoms with Gasteiger partial charge in [-0.25, -0.2) is 0 Å². The van der Waals surface area contributed by atoms with Crippen molar-refractivity contribution in [2.45, 2.75) is 57.9 Å². The van der Waals surface area contributed by atoms with Crippen LogP contribution in [0.4, 0.5) is 0 Å². The van der Waals surface area contributed by atoms with Crippen molar-refractivity contribution in [3.63, 3.8) is 0 Å². The molecule has 1 N–H and O–H groups in total. The number of amides is 1. The summed E-state index contributed by atoms with van der Waals surface area (Å²) < 4.78 is 0. The molecule has 0 aliphatic heterocycles. The molecule has 0 spiro atoms. The Balaban J connectivity index is 1.44. The quantitative estimate of drug-likeness (QED) is 0.872. The van der Waals surface area contributed by atoms with Crippen LogP contribution in [0.3, 0.4) is 0 Å². The molecule has 0 aromatic heterocycles. The van der Waals surface area contributed by atoms with Gasteiger partial charge in [0.15, 0.2) is 0 Å². The molecule has 2 bridgehead atoms. The molecule has 1 aromatic carbocycles. The lowest BCUT2D eigenvalue weighted by Crippen LogP contribution is -2.38. The smallest absolute Gasteiger partial charge is 0.220 e. The molecular formula is C18H25NO.